The first-order chi connectivity index (χ1) is 12.7. The first kappa shape index (κ1) is 17.2. The van der Waals surface area contributed by atoms with Crippen molar-refractivity contribution < 1.29 is 13.9 Å². The van der Waals surface area contributed by atoms with Crippen LogP contribution in [0, 0.1) is 11.3 Å². The molecule has 0 atom stereocenters. The molecule has 0 aliphatic heterocycles. The van der Waals surface area contributed by atoms with Gasteiger partial charge in [-0.15, -0.1) is 0 Å². The molecule has 130 valence electrons. The predicted octanol–water partition coefficient (Wildman–Crippen LogP) is 3.84. The van der Waals surface area contributed by atoms with E-state index in [4.69, 9.17) is 14.4 Å². The molecule has 1 aromatic carbocycles. The summed E-state index contributed by atoms with van der Waals surface area (Å²) in [6.07, 6.45) is 6.35. The number of aryl methyl sites for hydroxylation is 1. The first-order valence-electron chi connectivity index (χ1n) is 8.14. The van der Waals surface area contributed by atoms with Crippen LogP contribution in [-0.4, -0.2) is 15.6 Å². The predicted molar refractivity (Wildman–Crippen MR) is 95.5 cm³/mol. The Balaban J connectivity index is 1.56. The van der Waals surface area contributed by atoms with Crippen molar-refractivity contribution in [1.82, 2.24) is 9.78 Å². The van der Waals surface area contributed by atoms with Gasteiger partial charge in [0.2, 0.25) is 0 Å². The van der Waals surface area contributed by atoms with Crippen LogP contribution in [0.1, 0.15) is 34.4 Å². The lowest BCUT2D eigenvalue weighted by Crippen LogP contribution is -1.94. The van der Waals surface area contributed by atoms with Gasteiger partial charge in [-0.3, -0.25) is 9.48 Å². The molecule has 0 radical (unpaired) electrons. The van der Waals surface area contributed by atoms with Crippen molar-refractivity contribution in [2.75, 3.05) is 0 Å². The fourth-order valence-electron chi connectivity index (χ4n) is 2.26. The molecule has 2 aromatic heterocycles. The minimum atomic E-state index is -0.128. The lowest BCUT2D eigenvalue weighted by molar-refractivity contribution is 0.104. The standard InChI is InChI=1S/C20H17N3O3/c1-2-23-13-16(12-22-23)20(24)10-9-18-7-8-19(26-18)14-25-17-5-3-15(11-21)4-6-17/h3-10,12-13H,2,14H2,1H3/b10-9+. The maximum Gasteiger partial charge on any atom is 0.189 e. The largest absolute Gasteiger partial charge is 0.486 e. The Bertz CT molecular complexity index is 959. The molecule has 26 heavy (non-hydrogen) atoms. The number of carbonyl (C=O) groups is 1. The molecule has 0 amide bonds. The normalized spacial score (nSPS) is 10.8. The van der Waals surface area contributed by atoms with Gasteiger partial charge in [0.1, 0.15) is 23.9 Å². The Labute approximate surface area is 150 Å². The molecular formula is C20H17N3O3. The van der Waals surface area contributed by atoms with Crippen LogP contribution in [0.2, 0.25) is 0 Å². The molecule has 0 aliphatic carbocycles. The van der Waals surface area contributed by atoms with E-state index in [2.05, 4.69) is 11.2 Å². The molecule has 2 heterocycles. The van der Waals surface area contributed by atoms with Crippen LogP contribution in [0.3, 0.4) is 0 Å². The molecule has 0 saturated heterocycles. The van der Waals surface area contributed by atoms with Crippen LogP contribution >= 0.6 is 0 Å². The van der Waals surface area contributed by atoms with Gasteiger partial charge in [-0.1, -0.05) is 0 Å². The lowest BCUT2D eigenvalue weighted by Gasteiger charge is -2.03. The topological polar surface area (TPSA) is 81.0 Å². The second-order valence-corrected chi connectivity index (χ2v) is 5.51. The maximum absolute atomic E-state index is 12.1. The third-order valence-electron chi connectivity index (χ3n) is 3.69. The van der Waals surface area contributed by atoms with Crippen molar-refractivity contribution in [3.05, 3.63) is 77.5 Å². The maximum atomic E-state index is 12.1. The van der Waals surface area contributed by atoms with E-state index >= 15 is 0 Å². The van der Waals surface area contributed by atoms with Crippen molar-refractivity contribution >= 4 is 11.9 Å². The molecule has 3 aromatic rings. The van der Waals surface area contributed by atoms with E-state index in [0.29, 0.717) is 28.4 Å². The number of rotatable bonds is 7. The third kappa shape index (κ3) is 4.28. The number of nitriles is 1. The number of hydrogen-bond acceptors (Lipinski definition) is 5. The third-order valence-corrected chi connectivity index (χ3v) is 3.69. The number of aromatic nitrogens is 2. The number of ketones is 1. The van der Waals surface area contributed by atoms with Crippen molar-refractivity contribution in [3.8, 4) is 11.8 Å². The molecule has 0 fully saturated rings. The monoisotopic (exact) mass is 347 g/mol. The Morgan fingerprint density at radius 1 is 1.31 bits per heavy atom. The molecule has 6 nitrogen and oxygen atoms in total. The van der Waals surface area contributed by atoms with Gasteiger partial charge in [0, 0.05) is 12.7 Å². The highest BCUT2D eigenvalue weighted by Gasteiger charge is 2.06. The van der Waals surface area contributed by atoms with Crippen LogP contribution < -0.4 is 4.74 Å². The second-order valence-electron chi connectivity index (χ2n) is 5.51. The number of nitrogens with zero attached hydrogens (tertiary/aromatic N) is 3. The van der Waals surface area contributed by atoms with Gasteiger partial charge in [-0.05, 0) is 55.5 Å². The van der Waals surface area contributed by atoms with Crippen LogP contribution in [0.15, 0.2) is 59.3 Å². The molecule has 3 rings (SSSR count). The summed E-state index contributed by atoms with van der Waals surface area (Å²) >= 11 is 0. The molecule has 6 heteroatoms. The number of allylic oxidation sites excluding steroid dienone is 1. The summed E-state index contributed by atoms with van der Waals surface area (Å²) in [5, 5.41) is 12.9. The highest BCUT2D eigenvalue weighted by Crippen LogP contribution is 2.16. The highest BCUT2D eigenvalue weighted by molar-refractivity contribution is 6.06. The number of hydrogen-bond donors (Lipinski definition) is 0. The summed E-state index contributed by atoms with van der Waals surface area (Å²) < 4.78 is 12.9. The van der Waals surface area contributed by atoms with Gasteiger partial charge in [0.05, 0.1) is 23.4 Å². The minimum Gasteiger partial charge on any atom is -0.486 e. The molecule has 0 bridgehead atoms. The summed E-state index contributed by atoms with van der Waals surface area (Å²) in [7, 11) is 0. The minimum absolute atomic E-state index is 0.128. The zero-order chi connectivity index (χ0) is 18.4. The van der Waals surface area contributed by atoms with Crippen LogP contribution in [0.4, 0.5) is 0 Å². The zero-order valence-corrected chi connectivity index (χ0v) is 14.3. The fourth-order valence-corrected chi connectivity index (χ4v) is 2.26. The smallest absolute Gasteiger partial charge is 0.189 e. The lowest BCUT2D eigenvalue weighted by atomic mass is 10.2. The number of carbonyl (C=O) groups excluding carboxylic acids is 1. The Kier molecular flexibility index (Phi) is 5.30. The molecule has 0 N–H and O–H groups in total. The molecule has 0 saturated carbocycles. The SMILES string of the molecule is CCn1cc(C(=O)/C=C/c2ccc(COc3ccc(C#N)cc3)o2)cn1. The molecule has 0 spiro atoms. The van der Waals surface area contributed by atoms with Crippen LogP contribution in [-0.2, 0) is 13.2 Å². The quantitative estimate of drug-likeness (QED) is 0.479. The second kappa shape index (κ2) is 7.99. The van der Waals surface area contributed by atoms with Crippen LogP contribution in [0.5, 0.6) is 5.75 Å². The molecular weight excluding hydrogens is 330 g/mol. The molecule has 0 unspecified atom stereocenters. The van der Waals surface area contributed by atoms with E-state index in [1.807, 2.05) is 6.92 Å². The number of ether oxygens (including phenoxy) is 1. The molecule has 0 aliphatic rings. The summed E-state index contributed by atoms with van der Waals surface area (Å²) in [5.74, 6) is 1.73. The van der Waals surface area contributed by atoms with Crippen molar-refractivity contribution in [1.29, 1.82) is 5.26 Å². The van der Waals surface area contributed by atoms with Gasteiger partial charge < -0.3 is 9.15 Å². The van der Waals surface area contributed by atoms with E-state index in [1.54, 1.807) is 59.5 Å². The van der Waals surface area contributed by atoms with E-state index in [0.717, 1.165) is 6.54 Å². The van der Waals surface area contributed by atoms with Gasteiger partial charge >= 0.3 is 0 Å². The van der Waals surface area contributed by atoms with Gasteiger partial charge in [0.15, 0.2) is 5.78 Å². The Morgan fingerprint density at radius 2 is 2.12 bits per heavy atom. The average Bonchev–Trinajstić information content (AvgIpc) is 3.34. The number of furan rings is 1. The van der Waals surface area contributed by atoms with Gasteiger partial charge in [-0.2, -0.15) is 10.4 Å². The fraction of sp³-hybridized carbons (Fsp3) is 0.150. The van der Waals surface area contributed by atoms with E-state index < -0.39 is 0 Å². The van der Waals surface area contributed by atoms with Gasteiger partial charge in [-0.25, -0.2) is 0 Å². The summed E-state index contributed by atoms with van der Waals surface area (Å²) in [6, 6.07) is 12.5. The average molecular weight is 347 g/mol. The van der Waals surface area contributed by atoms with Crippen molar-refractivity contribution in [2.24, 2.45) is 0 Å². The summed E-state index contributed by atoms with van der Waals surface area (Å²) in [4.78, 5) is 12.1. The van der Waals surface area contributed by atoms with Crippen LogP contribution in [0.25, 0.3) is 6.08 Å². The Hall–Kier alpha value is -3.59. The highest BCUT2D eigenvalue weighted by atomic mass is 16.5. The first-order valence-corrected chi connectivity index (χ1v) is 8.14. The Morgan fingerprint density at radius 3 is 2.81 bits per heavy atom. The van der Waals surface area contributed by atoms with E-state index in [9.17, 15) is 4.79 Å². The van der Waals surface area contributed by atoms with Gasteiger partial charge in [0.25, 0.3) is 0 Å². The van der Waals surface area contributed by atoms with Crippen molar-refractivity contribution in [3.63, 3.8) is 0 Å². The number of benzene rings is 1. The van der Waals surface area contributed by atoms with E-state index in [1.165, 1.54) is 6.08 Å². The zero-order valence-electron chi connectivity index (χ0n) is 14.3. The van der Waals surface area contributed by atoms with Crippen molar-refractivity contribution in [2.45, 2.75) is 20.1 Å². The summed E-state index contributed by atoms with van der Waals surface area (Å²) in [6.45, 7) is 2.94. The summed E-state index contributed by atoms with van der Waals surface area (Å²) in [5.41, 5.74) is 1.12. The van der Waals surface area contributed by atoms with E-state index in [-0.39, 0.29) is 12.4 Å².